The summed E-state index contributed by atoms with van der Waals surface area (Å²) in [5.41, 5.74) is 0. The highest BCUT2D eigenvalue weighted by Crippen LogP contribution is 2.18. The molecule has 0 amide bonds. The van der Waals surface area contributed by atoms with Crippen LogP contribution in [0.15, 0.2) is 0 Å². The van der Waals surface area contributed by atoms with E-state index < -0.39 is 0 Å². The van der Waals surface area contributed by atoms with E-state index in [1.165, 1.54) is 6.92 Å². The van der Waals surface area contributed by atoms with Crippen molar-refractivity contribution in [1.82, 2.24) is 0 Å². The van der Waals surface area contributed by atoms with Crippen LogP contribution >= 0.6 is 46.4 Å². The fraction of sp³-hybridized carbons (Fsp3) is 0.900. The smallest absolute Gasteiger partial charge is 0.302 e. The van der Waals surface area contributed by atoms with Gasteiger partial charge in [-0.15, -0.1) is 46.4 Å². The Bertz CT molecular complexity index is 201. The zero-order valence-corrected chi connectivity index (χ0v) is 12.1. The van der Waals surface area contributed by atoms with Gasteiger partial charge in [-0.05, 0) is 19.3 Å². The van der Waals surface area contributed by atoms with E-state index in [9.17, 15) is 4.79 Å². The van der Waals surface area contributed by atoms with E-state index in [-0.39, 0.29) is 28.7 Å². The van der Waals surface area contributed by atoms with Gasteiger partial charge in [-0.3, -0.25) is 4.79 Å². The van der Waals surface area contributed by atoms with E-state index in [0.29, 0.717) is 12.3 Å². The average molecular weight is 310 g/mol. The van der Waals surface area contributed by atoms with Crippen molar-refractivity contribution in [3.8, 4) is 0 Å². The molecule has 0 saturated carbocycles. The number of hydrogen-bond donors (Lipinski definition) is 0. The highest BCUT2D eigenvalue weighted by Gasteiger charge is 2.21. The van der Waals surface area contributed by atoms with Gasteiger partial charge >= 0.3 is 5.97 Å². The van der Waals surface area contributed by atoms with Crippen molar-refractivity contribution in [3.05, 3.63) is 0 Å². The summed E-state index contributed by atoms with van der Waals surface area (Å²) in [4.78, 5) is 10.9. The first-order chi connectivity index (χ1) is 7.51. The molecule has 0 aliphatic carbocycles. The molecular formula is C10H16Cl4O2. The quantitative estimate of drug-likeness (QED) is 0.504. The van der Waals surface area contributed by atoms with Gasteiger partial charge in [0.1, 0.15) is 6.10 Å². The van der Waals surface area contributed by atoms with Crippen molar-refractivity contribution < 1.29 is 9.53 Å². The molecule has 0 aliphatic rings. The summed E-state index contributed by atoms with van der Waals surface area (Å²) in [5, 5.41) is -0.417. The van der Waals surface area contributed by atoms with E-state index in [2.05, 4.69) is 0 Å². The fourth-order valence-corrected chi connectivity index (χ4v) is 1.93. The number of ether oxygens (including phenoxy) is 1. The maximum absolute atomic E-state index is 10.9. The second kappa shape index (κ2) is 9.64. The van der Waals surface area contributed by atoms with Crippen molar-refractivity contribution >= 4 is 52.4 Å². The van der Waals surface area contributed by atoms with Crippen LogP contribution in [0.1, 0.15) is 26.2 Å². The van der Waals surface area contributed by atoms with Crippen molar-refractivity contribution in [2.45, 2.75) is 43.0 Å². The van der Waals surface area contributed by atoms with Crippen LogP contribution in [0.2, 0.25) is 0 Å². The Hall–Kier alpha value is 0.630. The predicted molar refractivity (Wildman–Crippen MR) is 70.1 cm³/mol. The third-order valence-corrected chi connectivity index (χ3v) is 3.87. The number of rotatable bonds is 8. The van der Waals surface area contributed by atoms with Crippen LogP contribution in [-0.4, -0.2) is 34.6 Å². The minimum atomic E-state index is -0.365. The fourth-order valence-electron chi connectivity index (χ4n) is 1.24. The van der Waals surface area contributed by atoms with Crippen LogP contribution in [0.4, 0.5) is 0 Å². The molecule has 0 heterocycles. The number of halogens is 4. The molecular weight excluding hydrogens is 294 g/mol. The molecule has 0 aromatic heterocycles. The summed E-state index contributed by atoms with van der Waals surface area (Å²) in [5.74, 6) is 0.319. The summed E-state index contributed by atoms with van der Waals surface area (Å²) < 4.78 is 5.09. The van der Waals surface area contributed by atoms with Crippen LogP contribution < -0.4 is 0 Å². The Morgan fingerprint density at radius 2 is 1.81 bits per heavy atom. The van der Waals surface area contributed by atoms with Crippen molar-refractivity contribution in [1.29, 1.82) is 0 Å². The predicted octanol–water partition coefficient (Wildman–Crippen LogP) is 3.78. The molecule has 0 fully saturated rings. The number of alkyl halides is 4. The van der Waals surface area contributed by atoms with E-state index >= 15 is 0 Å². The zero-order valence-electron chi connectivity index (χ0n) is 9.10. The Morgan fingerprint density at radius 3 is 2.25 bits per heavy atom. The minimum Gasteiger partial charge on any atom is -0.461 e. The molecule has 16 heavy (non-hydrogen) atoms. The monoisotopic (exact) mass is 308 g/mol. The van der Waals surface area contributed by atoms with Gasteiger partial charge in [0.25, 0.3) is 0 Å². The topological polar surface area (TPSA) is 26.3 Å². The summed E-state index contributed by atoms with van der Waals surface area (Å²) in [6.07, 6.45) is 1.88. The largest absolute Gasteiger partial charge is 0.461 e. The summed E-state index contributed by atoms with van der Waals surface area (Å²) in [6.45, 7) is 1.36. The Kier molecular flexibility index (Phi) is 10.0. The molecule has 0 aromatic carbocycles. The molecule has 3 unspecified atom stereocenters. The highest BCUT2D eigenvalue weighted by molar-refractivity contribution is 6.28. The van der Waals surface area contributed by atoms with Gasteiger partial charge in [0.15, 0.2) is 0 Å². The third-order valence-electron chi connectivity index (χ3n) is 2.04. The first kappa shape index (κ1) is 16.6. The van der Waals surface area contributed by atoms with E-state index in [4.69, 9.17) is 51.1 Å². The summed E-state index contributed by atoms with van der Waals surface area (Å²) >= 11 is 23.0. The number of carbonyl (C=O) groups excluding carboxylic acids is 1. The molecule has 3 atom stereocenters. The second-order valence-electron chi connectivity index (χ2n) is 3.50. The lowest BCUT2D eigenvalue weighted by atomic mass is 10.1. The number of esters is 1. The molecule has 2 nitrogen and oxygen atoms in total. The SMILES string of the molecule is CC(=O)OC(CCCC(Cl)CCl)C(Cl)CCl. The zero-order chi connectivity index (χ0) is 12.6. The van der Waals surface area contributed by atoms with Crippen LogP contribution in [0.3, 0.4) is 0 Å². The molecule has 0 N–H and O–H groups in total. The van der Waals surface area contributed by atoms with Crippen molar-refractivity contribution in [2.24, 2.45) is 0 Å². The molecule has 0 saturated heterocycles. The molecule has 96 valence electrons. The lowest BCUT2D eigenvalue weighted by molar-refractivity contribution is -0.146. The second-order valence-corrected chi connectivity index (χ2v) is 5.30. The van der Waals surface area contributed by atoms with Gasteiger partial charge in [-0.2, -0.15) is 0 Å². The lowest BCUT2D eigenvalue weighted by Gasteiger charge is -2.20. The van der Waals surface area contributed by atoms with Gasteiger partial charge in [-0.1, -0.05) is 0 Å². The summed E-state index contributed by atoms with van der Waals surface area (Å²) in [7, 11) is 0. The Morgan fingerprint density at radius 1 is 1.19 bits per heavy atom. The minimum absolute atomic E-state index is 0.0515. The van der Waals surface area contributed by atoms with Gasteiger partial charge in [-0.25, -0.2) is 0 Å². The maximum atomic E-state index is 10.9. The molecule has 0 rings (SSSR count). The Balaban J connectivity index is 3.96. The molecule has 0 radical (unpaired) electrons. The van der Waals surface area contributed by atoms with E-state index in [1.54, 1.807) is 0 Å². The first-order valence-electron chi connectivity index (χ1n) is 5.08. The van der Waals surface area contributed by atoms with Crippen LogP contribution in [0.5, 0.6) is 0 Å². The van der Waals surface area contributed by atoms with Crippen molar-refractivity contribution in [2.75, 3.05) is 11.8 Å². The normalized spacial score (nSPS) is 16.6. The van der Waals surface area contributed by atoms with Gasteiger partial charge in [0, 0.05) is 24.1 Å². The standard InChI is InChI=1S/C10H16Cl4O2/c1-7(15)16-10(9(14)6-12)4-2-3-8(13)5-11/h8-10H,2-6H2,1H3. The van der Waals surface area contributed by atoms with Crippen molar-refractivity contribution in [3.63, 3.8) is 0 Å². The summed E-state index contributed by atoms with van der Waals surface area (Å²) in [6, 6.07) is 0. The van der Waals surface area contributed by atoms with Gasteiger partial charge < -0.3 is 4.74 Å². The highest BCUT2D eigenvalue weighted by atomic mass is 35.5. The van der Waals surface area contributed by atoms with Gasteiger partial charge in [0.2, 0.25) is 0 Å². The van der Waals surface area contributed by atoms with Crippen LogP contribution in [0.25, 0.3) is 0 Å². The van der Waals surface area contributed by atoms with Gasteiger partial charge in [0.05, 0.1) is 5.38 Å². The number of hydrogen-bond acceptors (Lipinski definition) is 2. The number of carbonyl (C=O) groups is 1. The molecule has 0 bridgehead atoms. The average Bonchev–Trinajstić information content (AvgIpc) is 2.25. The lowest BCUT2D eigenvalue weighted by Crippen LogP contribution is -2.28. The maximum Gasteiger partial charge on any atom is 0.302 e. The first-order valence-corrected chi connectivity index (χ1v) is 7.02. The molecule has 0 spiro atoms. The van der Waals surface area contributed by atoms with E-state index in [0.717, 1.165) is 12.8 Å². The van der Waals surface area contributed by atoms with Crippen LogP contribution in [0, 0.1) is 0 Å². The third kappa shape index (κ3) is 7.83. The van der Waals surface area contributed by atoms with E-state index in [1.807, 2.05) is 0 Å². The molecule has 0 aromatic rings. The Labute approximate surface area is 117 Å². The van der Waals surface area contributed by atoms with Crippen LogP contribution in [-0.2, 0) is 9.53 Å². The molecule has 6 heteroatoms. The molecule has 0 aliphatic heterocycles.